The summed E-state index contributed by atoms with van der Waals surface area (Å²) in [6, 6.07) is 10.7. The Balaban J connectivity index is 1.38. The Labute approximate surface area is 195 Å². The molecule has 0 amide bonds. The summed E-state index contributed by atoms with van der Waals surface area (Å²) in [5.74, 6) is 0. The molecule has 6 nitrogen and oxygen atoms in total. The molecule has 33 heavy (non-hydrogen) atoms. The Bertz CT molecular complexity index is 1500. The van der Waals surface area contributed by atoms with Crippen LogP contribution in [0.5, 0.6) is 0 Å². The first kappa shape index (κ1) is 19.7. The van der Waals surface area contributed by atoms with Crippen molar-refractivity contribution in [1.82, 2.24) is 20.2 Å². The Morgan fingerprint density at radius 2 is 1.85 bits per heavy atom. The van der Waals surface area contributed by atoms with Gasteiger partial charge in [0.25, 0.3) is 0 Å². The van der Waals surface area contributed by atoms with Crippen molar-refractivity contribution < 1.29 is 0 Å². The van der Waals surface area contributed by atoms with Gasteiger partial charge in [-0.15, -0.1) is 0 Å². The van der Waals surface area contributed by atoms with Crippen LogP contribution in [-0.2, 0) is 6.42 Å². The third-order valence-corrected chi connectivity index (χ3v) is 6.74. The molecule has 0 unspecified atom stereocenters. The first-order valence-electron chi connectivity index (χ1n) is 10.8. The molecule has 1 aliphatic rings. The number of aromatic amines is 1. The molecule has 0 atom stereocenters. The molecule has 0 saturated heterocycles. The van der Waals surface area contributed by atoms with E-state index >= 15 is 0 Å². The van der Waals surface area contributed by atoms with Crippen molar-refractivity contribution >= 4 is 39.3 Å². The van der Waals surface area contributed by atoms with Gasteiger partial charge in [-0.25, -0.2) is 0 Å². The van der Waals surface area contributed by atoms with E-state index in [-0.39, 0.29) is 0 Å². The Hall–Kier alpha value is -3.97. The van der Waals surface area contributed by atoms with Crippen LogP contribution in [0.15, 0.2) is 72.0 Å². The standard InChI is InChI=1S/C26H22N6S/c1-32(2)19-9-18(11-27-12-19)16-3-5-23-21(10-16)26(31-30-23)24-6-4-20-22(17-7-8-33-15-17)13-28-14-25(20)29-24/h3,5-15,29H,4H2,1-2H3,(H,30,31). The van der Waals surface area contributed by atoms with Crippen LogP contribution in [0, 0.1) is 0 Å². The number of pyridine rings is 2. The summed E-state index contributed by atoms with van der Waals surface area (Å²) in [5.41, 5.74) is 10.9. The smallest absolute Gasteiger partial charge is 0.116 e. The van der Waals surface area contributed by atoms with Crippen molar-refractivity contribution in [3.8, 4) is 22.3 Å². The number of benzene rings is 1. The lowest BCUT2D eigenvalue weighted by Gasteiger charge is -2.20. The number of allylic oxidation sites excluding steroid dienone is 1. The normalized spacial score (nSPS) is 12.8. The molecule has 0 radical (unpaired) electrons. The Kier molecular flexibility index (Phi) is 4.69. The molecule has 0 aliphatic carbocycles. The second-order valence-electron chi connectivity index (χ2n) is 8.33. The zero-order valence-electron chi connectivity index (χ0n) is 18.3. The van der Waals surface area contributed by atoms with E-state index in [0.29, 0.717) is 0 Å². The maximum Gasteiger partial charge on any atom is 0.116 e. The predicted molar refractivity (Wildman–Crippen MR) is 137 cm³/mol. The summed E-state index contributed by atoms with van der Waals surface area (Å²) in [7, 11) is 4.05. The van der Waals surface area contributed by atoms with Crippen molar-refractivity contribution in [3.63, 3.8) is 0 Å². The van der Waals surface area contributed by atoms with E-state index < -0.39 is 0 Å². The van der Waals surface area contributed by atoms with Crippen LogP contribution in [0.1, 0.15) is 11.3 Å². The topological polar surface area (TPSA) is 69.7 Å². The van der Waals surface area contributed by atoms with Gasteiger partial charge < -0.3 is 10.2 Å². The number of H-pyrrole nitrogens is 1. The number of thiophene rings is 1. The van der Waals surface area contributed by atoms with Crippen molar-refractivity contribution in [3.05, 3.63) is 83.2 Å². The van der Waals surface area contributed by atoms with Crippen LogP contribution in [0.2, 0.25) is 0 Å². The monoisotopic (exact) mass is 450 g/mol. The molecule has 5 aromatic rings. The molecule has 0 spiro atoms. The maximum atomic E-state index is 4.65. The lowest BCUT2D eigenvalue weighted by Crippen LogP contribution is -2.09. The molecule has 7 heteroatoms. The van der Waals surface area contributed by atoms with E-state index in [0.717, 1.165) is 51.2 Å². The molecular formula is C26H22N6S. The van der Waals surface area contributed by atoms with Gasteiger partial charge in [0.1, 0.15) is 5.69 Å². The first-order valence-corrected chi connectivity index (χ1v) is 11.7. The second-order valence-corrected chi connectivity index (χ2v) is 9.11. The number of fused-ring (bicyclic) bond motifs is 2. The molecule has 6 rings (SSSR count). The van der Waals surface area contributed by atoms with Gasteiger partial charge in [-0.3, -0.25) is 15.1 Å². The molecule has 1 aromatic carbocycles. The summed E-state index contributed by atoms with van der Waals surface area (Å²) >= 11 is 1.70. The largest absolute Gasteiger partial charge is 0.376 e. The van der Waals surface area contributed by atoms with Crippen LogP contribution in [0.3, 0.4) is 0 Å². The third-order valence-electron chi connectivity index (χ3n) is 6.06. The fraction of sp³-hybridized carbons (Fsp3) is 0.115. The van der Waals surface area contributed by atoms with E-state index in [1.165, 1.54) is 16.7 Å². The highest BCUT2D eigenvalue weighted by Gasteiger charge is 2.20. The molecule has 0 bridgehead atoms. The molecule has 4 aromatic heterocycles. The maximum absolute atomic E-state index is 4.65. The predicted octanol–water partition coefficient (Wildman–Crippen LogP) is 5.82. The molecule has 5 heterocycles. The molecular weight excluding hydrogens is 428 g/mol. The van der Waals surface area contributed by atoms with Crippen molar-refractivity contribution in [1.29, 1.82) is 0 Å². The van der Waals surface area contributed by atoms with Crippen molar-refractivity contribution in [2.45, 2.75) is 6.42 Å². The number of hydrogen-bond donors (Lipinski definition) is 2. The third kappa shape index (κ3) is 3.47. The molecule has 162 valence electrons. The molecule has 2 N–H and O–H groups in total. The average Bonchev–Trinajstić information content (AvgIpc) is 3.53. The quantitative estimate of drug-likeness (QED) is 0.361. The van der Waals surface area contributed by atoms with Gasteiger partial charge in [0.2, 0.25) is 0 Å². The molecule has 1 aliphatic heterocycles. The fourth-order valence-corrected chi connectivity index (χ4v) is 4.92. The summed E-state index contributed by atoms with van der Waals surface area (Å²) in [5, 5.41) is 16.7. The highest BCUT2D eigenvalue weighted by Crippen LogP contribution is 2.37. The van der Waals surface area contributed by atoms with Crippen LogP contribution < -0.4 is 10.2 Å². The highest BCUT2D eigenvalue weighted by atomic mass is 32.1. The number of nitrogens with one attached hydrogen (secondary N) is 2. The molecule has 0 fully saturated rings. The van der Waals surface area contributed by atoms with Crippen LogP contribution in [0.4, 0.5) is 11.4 Å². The lowest BCUT2D eigenvalue weighted by molar-refractivity contribution is 1.09. The minimum absolute atomic E-state index is 0.828. The molecule has 0 saturated carbocycles. The van der Waals surface area contributed by atoms with E-state index in [1.54, 1.807) is 11.3 Å². The minimum Gasteiger partial charge on any atom is -0.376 e. The summed E-state index contributed by atoms with van der Waals surface area (Å²) in [4.78, 5) is 11.0. The minimum atomic E-state index is 0.828. The van der Waals surface area contributed by atoms with Gasteiger partial charge in [-0.1, -0.05) is 12.1 Å². The van der Waals surface area contributed by atoms with Gasteiger partial charge >= 0.3 is 0 Å². The Morgan fingerprint density at radius 1 is 0.939 bits per heavy atom. The number of nitrogens with zero attached hydrogens (tertiary/aromatic N) is 4. The number of aromatic nitrogens is 4. The number of rotatable bonds is 4. The summed E-state index contributed by atoms with van der Waals surface area (Å²) in [6.45, 7) is 0. The van der Waals surface area contributed by atoms with E-state index in [2.05, 4.69) is 77.5 Å². The van der Waals surface area contributed by atoms with Gasteiger partial charge in [0, 0.05) is 43.0 Å². The van der Waals surface area contributed by atoms with Crippen LogP contribution >= 0.6 is 11.3 Å². The SMILES string of the molecule is CN(C)c1cncc(-c2ccc3[nH]nc(C4=CCc5c(cncc5-c5ccsc5)N4)c3c2)c1. The van der Waals surface area contributed by atoms with Crippen molar-refractivity contribution in [2.75, 3.05) is 24.3 Å². The number of hydrogen-bond acceptors (Lipinski definition) is 6. The van der Waals surface area contributed by atoms with Crippen LogP contribution in [-0.4, -0.2) is 34.3 Å². The zero-order valence-corrected chi connectivity index (χ0v) is 19.1. The highest BCUT2D eigenvalue weighted by molar-refractivity contribution is 7.08. The van der Waals surface area contributed by atoms with E-state index in [4.69, 9.17) is 0 Å². The first-order chi connectivity index (χ1) is 16.2. The van der Waals surface area contributed by atoms with Crippen molar-refractivity contribution in [2.24, 2.45) is 0 Å². The van der Waals surface area contributed by atoms with Gasteiger partial charge in [0.05, 0.1) is 35.0 Å². The van der Waals surface area contributed by atoms with Crippen LogP contribution in [0.25, 0.3) is 38.9 Å². The van der Waals surface area contributed by atoms with Gasteiger partial charge in [-0.2, -0.15) is 16.4 Å². The van der Waals surface area contributed by atoms with Gasteiger partial charge in [0.15, 0.2) is 0 Å². The Morgan fingerprint density at radius 3 is 2.70 bits per heavy atom. The average molecular weight is 451 g/mol. The zero-order chi connectivity index (χ0) is 22.4. The van der Waals surface area contributed by atoms with E-state index in [1.807, 2.05) is 38.9 Å². The summed E-state index contributed by atoms with van der Waals surface area (Å²) in [6.07, 6.45) is 10.7. The fourth-order valence-electron chi connectivity index (χ4n) is 4.27. The number of anilines is 2. The van der Waals surface area contributed by atoms with Gasteiger partial charge in [-0.05, 0) is 58.1 Å². The second kappa shape index (κ2) is 7.86. The summed E-state index contributed by atoms with van der Waals surface area (Å²) < 4.78 is 0. The van der Waals surface area contributed by atoms with E-state index in [9.17, 15) is 0 Å². The lowest BCUT2D eigenvalue weighted by atomic mass is 9.96.